The smallest absolute Gasteiger partial charge is 0.404 e. The minimum atomic E-state index is -4.80. The molecule has 0 unspecified atom stereocenters. The van der Waals surface area contributed by atoms with E-state index in [9.17, 15) is 18.3 Å². The molecule has 2 aromatic carbocycles. The highest BCUT2D eigenvalue weighted by Gasteiger charge is 2.34. The molecule has 2 atom stereocenters. The highest BCUT2D eigenvalue weighted by Crippen LogP contribution is 2.32. The number of aliphatic hydroxyl groups excluding tert-OH is 1. The molecule has 3 aromatic rings. The lowest BCUT2D eigenvalue weighted by molar-refractivity contribution is -0.274. The molecular weight excluding hydrogens is 459 g/mol. The number of β-amino-alcohol motifs (C(OH)–C–C–N with tert-alkyl or cyclic N) is 1. The van der Waals surface area contributed by atoms with Gasteiger partial charge in [-0.15, -0.1) is 13.2 Å². The number of hydrogen-bond acceptors (Lipinski definition) is 7. The number of aliphatic hydroxyl groups is 1. The van der Waals surface area contributed by atoms with Gasteiger partial charge in [-0.3, -0.25) is 4.90 Å². The topological polar surface area (TPSA) is 73.8 Å². The maximum absolute atomic E-state index is 12.7. The van der Waals surface area contributed by atoms with Gasteiger partial charge in [-0.1, -0.05) is 36.4 Å². The van der Waals surface area contributed by atoms with Crippen molar-refractivity contribution in [3.8, 4) is 5.75 Å². The van der Waals surface area contributed by atoms with E-state index in [0.717, 1.165) is 25.9 Å². The molecule has 0 spiro atoms. The normalized spacial score (nSPS) is 20.9. The molecule has 3 heterocycles. The number of anilines is 3. The van der Waals surface area contributed by atoms with Crippen LogP contribution in [0.5, 0.6) is 5.75 Å². The number of ether oxygens (including phenoxy) is 1. The summed E-state index contributed by atoms with van der Waals surface area (Å²) in [7, 11) is 0. The highest BCUT2D eigenvalue weighted by atomic mass is 19.4. The minimum absolute atomic E-state index is 0.0606. The zero-order valence-corrected chi connectivity index (χ0v) is 18.9. The average molecular weight is 486 g/mol. The van der Waals surface area contributed by atoms with E-state index in [0.29, 0.717) is 24.7 Å². The second kappa shape index (κ2) is 9.71. The summed E-state index contributed by atoms with van der Waals surface area (Å²) >= 11 is 0. The van der Waals surface area contributed by atoms with Crippen LogP contribution in [0.3, 0.4) is 0 Å². The number of aromatic nitrogens is 2. The first-order chi connectivity index (χ1) is 16.9. The summed E-state index contributed by atoms with van der Waals surface area (Å²) in [6, 6.07) is 15.9. The summed E-state index contributed by atoms with van der Waals surface area (Å²) in [5.41, 5.74) is 2.83. The van der Waals surface area contributed by atoms with Crippen LogP contribution in [-0.2, 0) is 13.0 Å². The third-order valence-corrected chi connectivity index (χ3v) is 6.53. The Morgan fingerprint density at radius 1 is 1.00 bits per heavy atom. The van der Waals surface area contributed by atoms with Gasteiger partial charge in [0.25, 0.3) is 0 Å². The van der Waals surface area contributed by atoms with Crippen molar-refractivity contribution in [3.63, 3.8) is 0 Å². The van der Waals surface area contributed by atoms with Gasteiger partial charge in [0.1, 0.15) is 18.0 Å². The third-order valence-electron chi connectivity index (χ3n) is 6.53. The summed E-state index contributed by atoms with van der Waals surface area (Å²) in [6.07, 6.45) is -2.25. The van der Waals surface area contributed by atoms with Gasteiger partial charge in [0.2, 0.25) is 0 Å². The van der Waals surface area contributed by atoms with E-state index in [1.807, 2.05) is 4.90 Å². The van der Waals surface area contributed by atoms with E-state index in [1.165, 1.54) is 35.7 Å². The zero-order valence-electron chi connectivity index (χ0n) is 18.9. The second-order valence-corrected chi connectivity index (χ2v) is 8.79. The van der Waals surface area contributed by atoms with Crippen molar-refractivity contribution in [2.75, 3.05) is 29.9 Å². The maximum Gasteiger partial charge on any atom is 0.573 e. The van der Waals surface area contributed by atoms with Gasteiger partial charge in [-0.25, -0.2) is 9.97 Å². The first-order valence-electron chi connectivity index (χ1n) is 11.5. The van der Waals surface area contributed by atoms with Crippen molar-refractivity contribution in [3.05, 3.63) is 72.1 Å². The summed E-state index contributed by atoms with van der Waals surface area (Å²) in [5.74, 6) is 0.579. The van der Waals surface area contributed by atoms with Gasteiger partial charge in [-0.05, 0) is 36.1 Å². The molecule has 2 aliphatic rings. The predicted molar refractivity (Wildman–Crippen MR) is 126 cm³/mol. The number of nitrogens with one attached hydrogen (secondary N) is 1. The number of piperidine rings is 1. The van der Waals surface area contributed by atoms with E-state index in [4.69, 9.17) is 0 Å². The van der Waals surface area contributed by atoms with E-state index < -0.39 is 12.5 Å². The lowest BCUT2D eigenvalue weighted by Gasteiger charge is -2.43. The fourth-order valence-electron chi connectivity index (χ4n) is 4.86. The van der Waals surface area contributed by atoms with Crippen molar-refractivity contribution in [1.82, 2.24) is 14.9 Å². The summed E-state index contributed by atoms with van der Waals surface area (Å²) < 4.78 is 42.3. The van der Waals surface area contributed by atoms with Crippen LogP contribution < -0.4 is 15.0 Å². The van der Waals surface area contributed by atoms with E-state index >= 15 is 0 Å². The molecule has 1 aromatic heterocycles. The first kappa shape index (κ1) is 23.4. The van der Waals surface area contributed by atoms with Gasteiger partial charge in [-0.2, -0.15) is 0 Å². The van der Waals surface area contributed by atoms with Gasteiger partial charge in [0.05, 0.1) is 11.8 Å². The molecule has 1 fully saturated rings. The van der Waals surface area contributed by atoms with Crippen molar-refractivity contribution >= 4 is 17.3 Å². The number of halogens is 3. The Kier molecular flexibility index (Phi) is 6.48. The van der Waals surface area contributed by atoms with Crippen LogP contribution in [0.15, 0.2) is 60.9 Å². The molecule has 10 heteroatoms. The molecule has 0 radical (unpaired) electrons. The lowest BCUT2D eigenvalue weighted by Crippen LogP contribution is -2.55. The Morgan fingerprint density at radius 3 is 2.57 bits per heavy atom. The van der Waals surface area contributed by atoms with Crippen LogP contribution in [0.1, 0.15) is 17.5 Å². The van der Waals surface area contributed by atoms with E-state index in [2.05, 4.69) is 49.2 Å². The van der Waals surface area contributed by atoms with E-state index in [1.54, 1.807) is 12.1 Å². The SMILES string of the molecule is O[C@@H]1CN(c2cc(Nc3ccccc3OC(F)(F)F)ncn2)CC[C@H]1N1CCc2ccccc2C1. The molecule has 0 bridgehead atoms. The average Bonchev–Trinajstić information content (AvgIpc) is 2.84. The fraction of sp³-hybridized carbons (Fsp3) is 0.360. The zero-order chi connectivity index (χ0) is 24.4. The monoisotopic (exact) mass is 485 g/mol. The molecule has 0 saturated carbocycles. The van der Waals surface area contributed by atoms with Crippen molar-refractivity contribution < 1.29 is 23.0 Å². The molecule has 2 N–H and O–H groups in total. The first-order valence-corrected chi connectivity index (χ1v) is 11.5. The summed E-state index contributed by atoms with van der Waals surface area (Å²) in [6.45, 7) is 2.86. The fourth-order valence-corrected chi connectivity index (χ4v) is 4.86. The summed E-state index contributed by atoms with van der Waals surface area (Å²) in [5, 5.41) is 13.9. The Labute approximate surface area is 201 Å². The quantitative estimate of drug-likeness (QED) is 0.563. The van der Waals surface area contributed by atoms with Crippen LogP contribution in [0.25, 0.3) is 0 Å². The van der Waals surface area contributed by atoms with Crippen LogP contribution >= 0.6 is 0 Å². The Bertz CT molecular complexity index is 1180. The van der Waals surface area contributed by atoms with Crippen LogP contribution in [0, 0.1) is 0 Å². The van der Waals surface area contributed by atoms with Crippen molar-refractivity contribution in [1.29, 1.82) is 0 Å². The third kappa shape index (κ3) is 5.49. The van der Waals surface area contributed by atoms with Gasteiger partial charge in [0, 0.05) is 38.3 Å². The van der Waals surface area contributed by atoms with Crippen molar-refractivity contribution in [2.24, 2.45) is 0 Å². The van der Waals surface area contributed by atoms with Crippen LogP contribution in [-0.4, -0.2) is 58.1 Å². The Hall–Kier alpha value is -3.37. The molecule has 0 aliphatic carbocycles. The number of rotatable bonds is 5. The molecule has 0 amide bonds. The van der Waals surface area contributed by atoms with Crippen LogP contribution in [0.2, 0.25) is 0 Å². The maximum atomic E-state index is 12.7. The largest absolute Gasteiger partial charge is 0.573 e. The van der Waals surface area contributed by atoms with Crippen LogP contribution in [0.4, 0.5) is 30.5 Å². The second-order valence-electron chi connectivity index (χ2n) is 8.79. The Morgan fingerprint density at radius 2 is 1.77 bits per heavy atom. The molecule has 2 aliphatic heterocycles. The van der Waals surface area contributed by atoms with Gasteiger partial charge >= 0.3 is 6.36 Å². The molecule has 184 valence electrons. The Balaban J connectivity index is 1.25. The highest BCUT2D eigenvalue weighted by molar-refractivity contribution is 5.65. The molecule has 5 rings (SSSR count). The van der Waals surface area contributed by atoms with Crippen molar-refractivity contribution in [2.45, 2.75) is 37.9 Å². The number of para-hydroxylation sites is 2. The number of hydrogen-bond donors (Lipinski definition) is 2. The minimum Gasteiger partial charge on any atom is -0.404 e. The van der Waals surface area contributed by atoms with E-state index in [-0.39, 0.29) is 17.5 Å². The number of alkyl halides is 3. The molecular formula is C25H26F3N5O2. The number of nitrogens with zero attached hydrogens (tertiary/aromatic N) is 4. The lowest BCUT2D eigenvalue weighted by atomic mass is 9.94. The number of fused-ring (bicyclic) bond motifs is 1. The predicted octanol–water partition coefficient (Wildman–Crippen LogP) is 4.12. The van der Waals surface area contributed by atoms with Gasteiger partial charge in [0.15, 0.2) is 5.75 Å². The molecule has 7 nitrogen and oxygen atoms in total. The molecule has 1 saturated heterocycles. The number of benzene rings is 2. The standard InChI is InChI=1S/C25H26F3N5O2/c26-25(27,28)35-22-8-4-3-7-19(22)31-23-13-24(30-16-29-23)33-12-10-20(21(34)15-33)32-11-9-17-5-1-2-6-18(17)14-32/h1-8,13,16,20-21,34H,9-12,14-15H2,(H,29,30,31)/t20-,21-/m1/s1. The molecule has 35 heavy (non-hydrogen) atoms. The van der Waals surface area contributed by atoms with Gasteiger partial charge < -0.3 is 20.1 Å². The summed E-state index contributed by atoms with van der Waals surface area (Å²) in [4.78, 5) is 12.8.